The minimum atomic E-state index is -0.941. The lowest BCUT2D eigenvalue weighted by atomic mass is 9.80. The number of hydrogen-bond donors (Lipinski definition) is 1. The first kappa shape index (κ1) is 29.1. The van der Waals surface area contributed by atoms with Gasteiger partial charge in [-0.05, 0) is 85.8 Å². The molecule has 3 aliphatic rings. The molecule has 6 nitrogen and oxygen atoms in total. The van der Waals surface area contributed by atoms with Gasteiger partial charge in [-0.1, -0.05) is 49.2 Å². The van der Waals surface area contributed by atoms with Crippen molar-refractivity contribution in [1.29, 1.82) is 0 Å². The van der Waals surface area contributed by atoms with Crippen LogP contribution in [0, 0.1) is 0 Å². The van der Waals surface area contributed by atoms with Gasteiger partial charge in [-0.2, -0.15) is 0 Å². The highest BCUT2D eigenvalue weighted by atomic mass is 19.1. The monoisotopic (exact) mass is 595 g/mol. The summed E-state index contributed by atoms with van der Waals surface area (Å²) in [4.78, 5) is 17.1. The zero-order chi connectivity index (χ0) is 30.0. The molecule has 2 aliphatic heterocycles. The van der Waals surface area contributed by atoms with E-state index in [2.05, 4.69) is 38.6 Å². The molecule has 44 heavy (non-hydrogen) atoms. The number of benzene rings is 3. The van der Waals surface area contributed by atoms with Crippen molar-refractivity contribution in [2.45, 2.75) is 70.3 Å². The number of halogens is 1. The standard InChI is InChI=1S/C37H42FN3O3/c38-33-11-5-4-10-31(33)35-32-14-12-27(37(42)43)23-34(32)41-21-20-40(19-18-39-16-6-7-17-39)24-28-22-29(13-15-30(28)36(35)41)44-25-26-8-2-1-3-9-26/h1-3,8-9,12-15,22-23,31,33H,4-7,10-11,16-21,24-25H2,(H,42,43)/t31-,33-/m0/s1. The molecule has 0 amide bonds. The van der Waals surface area contributed by atoms with E-state index in [0.717, 1.165) is 91.0 Å². The average molecular weight is 596 g/mol. The minimum absolute atomic E-state index is 0.203. The van der Waals surface area contributed by atoms with Crippen LogP contribution in [0.2, 0.25) is 0 Å². The highest BCUT2D eigenvalue weighted by molar-refractivity contribution is 5.98. The number of aromatic carboxylic acids is 1. The molecule has 2 fully saturated rings. The molecule has 2 atom stereocenters. The Hall–Kier alpha value is -3.68. The van der Waals surface area contributed by atoms with Crippen molar-refractivity contribution in [3.63, 3.8) is 0 Å². The normalized spacial score (nSPS) is 21.0. The summed E-state index contributed by atoms with van der Waals surface area (Å²) in [6, 6.07) is 22.0. The Morgan fingerprint density at radius 3 is 2.45 bits per heavy atom. The zero-order valence-electron chi connectivity index (χ0n) is 25.4. The Morgan fingerprint density at radius 2 is 1.66 bits per heavy atom. The Balaban J connectivity index is 1.34. The molecule has 4 aromatic rings. The second-order valence-electron chi connectivity index (χ2n) is 12.8. The lowest BCUT2D eigenvalue weighted by molar-refractivity contribution is 0.0697. The van der Waals surface area contributed by atoms with E-state index in [1.165, 1.54) is 31.5 Å². The highest BCUT2D eigenvalue weighted by Gasteiger charge is 2.34. The summed E-state index contributed by atoms with van der Waals surface area (Å²) >= 11 is 0. The van der Waals surface area contributed by atoms with Gasteiger partial charge in [0.15, 0.2) is 0 Å². The van der Waals surface area contributed by atoms with E-state index in [1.807, 2.05) is 30.3 Å². The molecule has 0 radical (unpaired) electrons. The summed E-state index contributed by atoms with van der Waals surface area (Å²) < 4.78 is 24.4. The molecule has 1 aromatic heterocycles. The largest absolute Gasteiger partial charge is 0.489 e. The molecule has 1 saturated carbocycles. The summed E-state index contributed by atoms with van der Waals surface area (Å²) in [6.45, 7) is 7.18. The lowest BCUT2D eigenvalue weighted by Crippen LogP contribution is -2.36. The molecule has 1 N–H and O–H groups in total. The van der Waals surface area contributed by atoms with Gasteiger partial charge in [0.2, 0.25) is 0 Å². The van der Waals surface area contributed by atoms with Crippen LogP contribution in [0.25, 0.3) is 22.2 Å². The maximum Gasteiger partial charge on any atom is 0.335 e. The molecule has 3 heterocycles. The lowest BCUT2D eigenvalue weighted by Gasteiger charge is -2.31. The van der Waals surface area contributed by atoms with E-state index in [-0.39, 0.29) is 11.5 Å². The van der Waals surface area contributed by atoms with Gasteiger partial charge in [0.25, 0.3) is 0 Å². The van der Waals surface area contributed by atoms with Crippen LogP contribution >= 0.6 is 0 Å². The van der Waals surface area contributed by atoms with Crippen molar-refractivity contribution < 1.29 is 19.0 Å². The molecule has 0 unspecified atom stereocenters. The van der Waals surface area contributed by atoms with Crippen LogP contribution in [0.3, 0.4) is 0 Å². The number of alkyl halides is 1. The predicted molar refractivity (Wildman–Crippen MR) is 172 cm³/mol. The number of hydrogen-bond acceptors (Lipinski definition) is 4. The maximum absolute atomic E-state index is 15.8. The number of rotatable bonds is 8. The third-order valence-corrected chi connectivity index (χ3v) is 9.95. The first-order valence-electron chi connectivity index (χ1n) is 16.3. The molecule has 0 spiro atoms. The summed E-state index contributed by atoms with van der Waals surface area (Å²) in [5.41, 5.74) is 6.66. The highest BCUT2D eigenvalue weighted by Crippen LogP contribution is 2.47. The molecule has 3 aromatic carbocycles. The Labute approximate surface area is 259 Å². The van der Waals surface area contributed by atoms with Gasteiger partial charge in [0.1, 0.15) is 18.5 Å². The van der Waals surface area contributed by atoms with Gasteiger partial charge < -0.3 is 19.3 Å². The Kier molecular flexibility index (Phi) is 8.41. The quantitative estimate of drug-likeness (QED) is 0.229. The van der Waals surface area contributed by atoms with Crippen LogP contribution in [0.15, 0.2) is 66.7 Å². The van der Waals surface area contributed by atoms with Crippen LogP contribution in [-0.4, -0.2) is 64.3 Å². The fraction of sp³-hybridized carbons (Fsp3) is 0.432. The summed E-state index contributed by atoms with van der Waals surface area (Å²) in [5, 5.41) is 10.9. The number of likely N-dealkylation sites (tertiary alicyclic amines) is 1. The fourth-order valence-electron chi connectivity index (χ4n) is 7.62. The van der Waals surface area contributed by atoms with Crippen LogP contribution in [0.4, 0.5) is 4.39 Å². The van der Waals surface area contributed by atoms with Crippen molar-refractivity contribution >= 4 is 16.9 Å². The first-order chi connectivity index (χ1) is 21.5. The average Bonchev–Trinajstić information content (AvgIpc) is 3.67. The van der Waals surface area contributed by atoms with E-state index in [9.17, 15) is 9.90 Å². The van der Waals surface area contributed by atoms with Gasteiger partial charge in [0, 0.05) is 55.1 Å². The van der Waals surface area contributed by atoms with Crippen LogP contribution in [0.5, 0.6) is 5.75 Å². The van der Waals surface area contributed by atoms with E-state index in [1.54, 1.807) is 12.1 Å². The van der Waals surface area contributed by atoms with Crippen molar-refractivity contribution in [3.8, 4) is 17.0 Å². The van der Waals surface area contributed by atoms with Crippen molar-refractivity contribution in [3.05, 3.63) is 89.0 Å². The number of nitrogens with zero attached hydrogens (tertiary/aromatic N) is 3. The number of carbonyl (C=O) groups is 1. The van der Waals surface area contributed by atoms with Gasteiger partial charge in [-0.15, -0.1) is 0 Å². The summed E-state index contributed by atoms with van der Waals surface area (Å²) in [5.74, 6) is -0.319. The molecule has 1 aliphatic carbocycles. The number of carboxylic acid groups (broad SMARTS) is 1. The SMILES string of the molecule is O=C(O)c1ccc2c([C@H]3CCCC[C@@H]3F)c3n(c2c1)CCN(CCN1CCCC1)Cc1cc(OCc2ccccc2)ccc1-3. The smallest absolute Gasteiger partial charge is 0.335 e. The second kappa shape index (κ2) is 12.7. The van der Waals surface area contributed by atoms with Crippen molar-refractivity contribution in [2.24, 2.45) is 0 Å². The van der Waals surface area contributed by atoms with Crippen molar-refractivity contribution in [1.82, 2.24) is 14.4 Å². The minimum Gasteiger partial charge on any atom is -0.489 e. The molecule has 1 saturated heterocycles. The van der Waals surface area contributed by atoms with E-state index < -0.39 is 12.1 Å². The number of aromatic nitrogens is 1. The predicted octanol–water partition coefficient (Wildman–Crippen LogP) is 7.49. The van der Waals surface area contributed by atoms with Gasteiger partial charge >= 0.3 is 5.97 Å². The number of ether oxygens (including phenoxy) is 1. The molecule has 7 heteroatoms. The zero-order valence-corrected chi connectivity index (χ0v) is 25.4. The summed E-state index contributed by atoms with van der Waals surface area (Å²) in [7, 11) is 0. The molecular weight excluding hydrogens is 553 g/mol. The van der Waals surface area contributed by atoms with Crippen LogP contribution < -0.4 is 4.74 Å². The molecule has 230 valence electrons. The van der Waals surface area contributed by atoms with E-state index in [4.69, 9.17) is 4.74 Å². The molecular formula is C37H42FN3O3. The molecule has 0 bridgehead atoms. The number of carboxylic acids is 1. The maximum atomic E-state index is 15.8. The third kappa shape index (κ3) is 5.87. The summed E-state index contributed by atoms with van der Waals surface area (Å²) in [6.07, 6.45) is 4.95. The topological polar surface area (TPSA) is 57.9 Å². The van der Waals surface area contributed by atoms with Crippen molar-refractivity contribution in [2.75, 3.05) is 32.7 Å². The van der Waals surface area contributed by atoms with Crippen LogP contribution in [0.1, 0.15) is 71.5 Å². The fourth-order valence-corrected chi connectivity index (χ4v) is 7.62. The van der Waals surface area contributed by atoms with E-state index >= 15 is 4.39 Å². The first-order valence-corrected chi connectivity index (χ1v) is 16.3. The molecule has 7 rings (SSSR count). The Morgan fingerprint density at radius 1 is 0.864 bits per heavy atom. The van der Waals surface area contributed by atoms with Gasteiger partial charge in [0.05, 0.1) is 11.3 Å². The van der Waals surface area contributed by atoms with Gasteiger partial charge in [-0.25, -0.2) is 9.18 Å². The van der Waals surface area contributed by atoms with E-state index in [0.29, 0.717) is 13.0 Å². The van der Waals surface area contributed by atoms with Crippen LogP contribution in [-0.2, 0) is 19.7 Å². The van der Waals surface area contributed by atoms with Gasteiger partial charge in [-0.3, -0.25) is 4.90 Å². The third-order valence-electron chi connectivity index (χ3n) is 9.95. The second-order valence-corrected chi connectivity index (χ2v) is 12.8. The number of fused-ring (bicyclic) bond motifs is 5. The Bertz CT molecular complexity index is 1630.